The lowest BCUT2D eigenvalue weighted by Gasteiger charge is -2.51. The van der Waals surface area contributed by atoms with Gasteiger partial charge in [0.2, 0.25) is 0 Å². The van der Waals surface area contributed by atoms with Crippen molar-refractivity contribution >= 4 is 11.5 Å². The number of alkyl halides is 3. The summed E-state index contributed by atoms with van der Waals surface area (Å²) in [4.78, 5) is 10.3. The van der Waals surface area contributed by atoms with Gasteiger partial charge in [-0.1, -0.05) is 0 Å². The van der Waals surface area contributed by atoms with Crippen LogP contribution in [-0.2, 0) is 6.18 Å². The van der Waals surface area contributed by atoms with E-state index in [1.165, 1.54) is 0 Å². The molecule has 0 unspecified atom stereocenters. The number of aromatic nitrogens is 1. The molecule has 144 valence electrons. The molecule has 1 fully saturated rings. The first kappa shape index (κ1) is 18.8. The lowest BCUT2D eigenvalue weighted by molar-refractivity contribution is -0.137. The number of aliphatic hydroxyl groups is 1. The summed E-state index contributed by atoms with van der Waals surface area (Å²) < 4.78 is 39.6. The van der Waals surface area contributed by atoms with Crippen molar-refractivity contribution in [3.8, 4) is 0 Å². The Morgan fingerprint density at radius 3 is 2.42 bits per heavy atom. The summed E-state index contributed by atoms with van der Waals surface area (Å²) in [5, 5.41) is 9.94. The molecule has 5 nitrogen and oxygen atoms in total. The zero-order valence-corrected chi connectivity index (χ0v) is 15.5. The molecule has 0 aromatic carbocycles. The van der Waals surface area contributed by atoms with Gasteiger partial charge in [0.25, 0.3) is 0 Å². The Morgan fingerprint density at radius 2 is 1.88 bits per heavy atom. The van der Waals surface area contributed by atoms with Gasteiger partial charge in [-0.05, 0) is 33.8 Å². The van der Waals surface area contributed by atoms with Crippen LogP contribution in [0.3, 0.4) is 0 Å². The van der Waals surface area contributed by atoms with Gasteiger partial charge in [-0.15, -0.1) is 0 Å². The molecule has 1 aromatic heterocycles. The van der Waals surface area contributed by atoms with Crippen LogP contribution in [0.2, 0.25) is 0 Å². The fraction of sp³-hybridized carbons (Fsp3) is 0.611. The van der Waals surface area contributed by atoms with Crippen molar-refractivity contribution in [2.75, 3.05) is 29.4 Å². The molecular weight excluding hydrogens is 345 g/mol. The second-order valence-corrected chi connectivity index (χ2v) is 7.38. The van der Waals surface area contributed by atoms with Crippen molar-refractivity contribution in [3.63, 3.8) is 0 Å². The maximum absolute atomic E-state index is 13.2. The van der Waals surface area contributed by atoms with Gasteiger partial charge in [-0.2, -0.15) is 13.2 Å². The zero-order chi connectivity index (χ0) is 19.2. The third kappa shape index (κ3) is 3.11. The Balaban J connectivity index is 2.12. The molecule has 3 rings (SSSR count). The molecule has 0 aliphatic carbocycles. The minimum atomic E-state index is -4.46. The van der Waals surface area contributed by atoms with Crippen LogP contribution in [0.4, 0.5) is 24.7 Å². The lowest BCUT2D eigenvalue weighted by atomic mass is 9.99. The van der Waals surface area contributed by atoms with E-state index in [-0.39, 0.29) is 12.1 Å². The highest BCUT2D eigenvalue weighted by molar-refractivity contribution is 5.76. The Bertz CT molecular complexity index is 702. The SMILES string of the molecule is CC(C)N1CCN2c3ncc(C(F)(F)F)cc3N(C(C)C)/C(=C/O)[C@@H]2C1. The normalized spacial score (nSPS) is 23.0. The summed E-state index contributed by atoms with van der Waals surface area (Å²) in [6.07, 6.45) is -2.53. The maximum atomic E-state index is 13.2. The molecule has 2 aliphatic heterocycles. The number of aliphatic hydroxyl groups excluding tert-OH is 1. The van der Waals surface area contributed by atoms with E-state index in [1.807, 2.05) is 18.7 Å². The quantitative estimate of drug-likeness (QED) is 0.806. The molecule has 1 saturated heterocycles. The van der Waals surface area contributed by atoms with E-state index in [0.29, 0.717) is 36.3 Å². The molecule has 3 heterocycles. The summed E-state index contributed by atoms with van der Waals surface area (Å²) in [6, 6.07) is 1.23. The molecule has 2 aliphatic rings. The molecular formula is C18H25F3N4O. The zero-order valence-electron chi connectivity index (χ0n) is 15.5. The van der Waals surface area contributed by atoms with Crippen molar-refractivity contribution in [2.45, 2.75) is 52.0 Å². The number of fused-ring (bicyclic) bond motifs is 3. The topological polar surface area (TPSA) is 42.8 Å². The summed E-state index contributed by atoms with van der Waals surface area (Å²) >= 11 is 0. The summed E-state index contributed by atoms with van der Waals surface area (Å²) in [7, 11) is 0. The highest BCUT2D eigenvalue weighted by atomic mass is 19.4. The van der Waals surface area contributed by atoms with Crippen LogP contribution in [-0.4, -0.2) is 52.8 Å². The Hall–Kier alpha value is -1.96. The smallest absolute Gasteiger partial charge is 0.417 e. The number of hydrogen-bond donors (Lipinski definition) is 1. The third-order valence-electron chi connectivity index (χ3n) is 5.12. The average Bonchev–Trinajstić information content (AvgIpc) is 2.58. The maximum Gasteiger partial charge on any atom is 0.417 e. The van der Waals surface area contributed by atoms with Gasteiger partial charge in [0.05, 0.1) is 23.0 Å². The highest BCUT2D eigenvalue weighted by Crippen LogP contribution is 2.43. The van der Waals surface area contributed by atoms with Gasteiger partial charge in [0.15, 0.2) is 5.82 Å². The average molecular weight is 370 g/mol. The minimum Gasteiger partial charge on any atom is -0.514 e. The summed E-state index contributed by atoms with van der Waals surface area (Å²) in [6.45, 7) is 10.2. The van der Waals surface area contributed by atoms with Gasteiger partial charge in [0, 0.05) is 37.9 Å². The standard InChI is InChI=1S/C18H25F3N4O/c1-11(2)23-5-6-24-15(9-23)16(10-26)25(12(3)4)14-7-13(18(19,20)21)8-22-17(14)24/h7-8,10-12,15,26H,5-6,9H2,1-4H3/b16-10+/t15-/m0/s1. The molecule has 0 spiro atoms. The number of pyridine rings is 1. The van der Waals surface area contributed by atoms with Crippen LogP contribution in [0.1, 0.15) is 33.3 Å². The van der Waals surface area contributed by atoms with E-state index in [9.17, 15) is 18.3 Å². The largest absolute Gasteiger partial charge is 0.514 e. The van der Waals surface area contributed by atoms with E-state index < -0.39 is 11.7 Å². The number of rotatable bonds is 2. The number of halogens is 3. The molecule has 0 saturated carbocycles. The summed E-state index contributed by atoms with van der Waals surface area (Å²) in [5.74, 6) is 0.547. The van der Waals surface area contributed by atoms with Gasteiger partial charge < -0.3 is 14.9 Å². The van der Waals surface area contributed by atoms with Crippen LogP contribution in [0.5, 0.6) is 0 Å². The van der Waals surface area contributed by atoms with Gasteiger partial charge in [-0.3, -0.25) is 4.90 Å². The van der Waals surface area contributed by atoms with Gasteiger partial charge in [-0.25, -0.2) is 4.98 Å². The van der Waals surface area contributed by atoms with Crippen LogP contribution < -0.4 is 9.80 Å². The molecule has 0 amide bonds. The van der Waals surface area contributed by atoms with Crippen LogP contribution in [0.15, 0.2) is 24.2 Å². The number of hydrogen-bond acceptors (Lipinski definition) is 5. The fourth-order valence-corrected chi connectivity index (χ4v) is 3.80. The van der Waals surface area contributed by atoms with Gasteiger partial charge >= 0.3 is 6.18 Å². The highest BCUT2D eigenvalue weighted by Gasteiger charge is 2.42. The van der Waals surface area contributed by atoms with E-state index >= 15 is 0 Å². The van der Waals surface area contributed by atoms with E-state index in [0.717, 1.165) is 25.1 Å². The fourth-order valence-electron chi connectivity index (χ4n) is 3.80. The van der Waals surface area contributed by atoms with E-state index in [4.69, 9.17) is 0 Å². The molecule has 8 heteroatoms. The molecule has 0 bridgehead atoms. The third-order valence-corrected chi connectivity index (χ3v) is 5.12. The molecule has 0 radical (unpaired) electrons. The number of nitrogens with zero attached hydrogens (tertiary/aromatic N) is 4. The molecule has 26 heavy (non-hydrogen) atoms. The van der Waals surface area contributed by atoms with E-state index in [2.05, 4.69) is 23.7 Å². The molecule has 1 aromatic rings. The van der Waals surface area contributed by atoms with Crippen molar-refractivity contribution in [2.24, 2.45) is 0 Å². The first-order chi connectivity index (χ1) is 12.1. The Morgan fingerprint density at radius 1 is 1.19 bits per heavy atom. The van der Waals surface area contributed by atoms with Crippen LogP contribution >= 0.6 is 0 Å². The van der Waals surface area contributed by atoms with Crippen molar-refractivity contribution in [1.29, 1.82) is 0 Å². The van der Waals surface area contributed by atoms with Crippen molar-refractivity contribution in [1.82, 2.24) is 9.88 Å². The Kier molecular flexibility index (Phi) is 4.81. The predicted octanol–water partition coefficient (Wildman–Crippen LogP) is 3.63. The van der Waals surface area contributed by atoms with Crippen molar-refractivity contribution < 1.29 is 18.3 Å². The Labute approximate surface area is 151 Å². The second-order valence-electron chi connectivity index (χ2n) is 7.38. The van der Waals surface area contributed by atoms with Crippen LogP contribution in [0, 0.1) is 0 Å². The lowest BCUT2D eigenvalue weighted by Crippen LogP contribution is -2.60. The number of anilines is 2. The molecule has 1 atom stereocenters. The number of piperazine rings is 1. The predicted molar refractivity (Wildman–Crippen MR) is 95.4 cm³/mol. The van der Waals surface area contributed by atoms with Gasteiger partial charge in [0.1, 0.15) is 6.26 Å². The minimum absolute atomic E-state index is 0.117. The van der Waals surface area contributed by atoms with Crippen molar-refractivity contribution in [3.05, 3.63) is 29.8 Å². The first-order valence-corrected chi connectivity index (χ1v) is 8.86. The monoisotopic (exact) mass is 370 g/mol. The van der Waals surface area contributed by atoms with E-state index in [1.54, 1.807) is 4.90 Å². The first-order valence-electron chi connectivity index (χ1n) is 8.86. The molecule has 1 N–H and O–H groups in total. The summed E-state index contributed by atoms with van der Waals surface area (Å²) in [5.41, 5.74) is 0.224. The van der Waals surface area contributed by atoms with Crippen LogP contribution in [0.25, 0.3) is 0 Å². The second kappa shape index (κ2) is 6.64.